The Morgan fingerprint density at radius 1 is 0.647 bits per heavy atom. The molecule has 34 heavy (non-hydrogen) atoms. The normalized spacial score (nSPS) is 12.0. The molecule has 0 saturated carbocycles. The first-order valence-electron chi connectivity index (χ1n) is 11.0. The summed E-state index contributed by atoms with van der Waals surface area (Å²) >= 11 is 0. The van der Waals surface area contributed by atoms with Crippen LogP contribution in [-0.2, 0) is 0 Å². The Bertz CT molecular complexity index is 1660. The molecule has 6 rings (SSSR count). The molecule has 4 aromatic rings. The first kappa shape index (κ1) is 20.1. The van der Waals surface area contributed by atoms with E-state index in [1.807, 2.05) is 72.8 Å². The lowest BCUT2D eigenvalue weighted by molar-refractivity contribution is 0.414. The molecule has 166 valence electrons. The van der Waals surface area contributed by atoms with Crippen molar-refractivity contribution in [3.05, 3.63) is 103 Å². The Morgan fingerprint density at radius 3 is 1.97 bits per heavy atom. The predicted molar refractivity (Wildman–Crippen MR) is 134 cm³/mol. The van der Waals surface area contributed by atoms with Crippen LogP contribution in [0.15, 0.2) is 102 Å². The zero-order valence-electron chi connectivity index (χ0n) is 18.8. The molecule has 0 saturated heterocycles. The van der Waals surface area contributed by atoms with Gasteiger partial charge in [-0.1, -0.05) is 36.4 Å². The van der Waals surface area contributed by atoms with E-state index in [4.69, 9.17) is 19.5 Å². The van der Waals surface area contributed by atoms with Crippen molar-refractivity contribution in [2.24, 2.45) is 4.99 Å². The molecule has 0 spiro atoms. The van der Waals surface area contributed by atoms with Crippen LogP contribution in [-0.4, -0.2) is 28.3 Å². The lowest BCUT2D eigenvalue weighted by Crippen LogP contribution is -2.41. The summed E-state index contributed by atoms with van der Waals surface area (Å²) in [6.45, 7) is 0. The average Bonchev–Trinajstić information content (AvgIpc) is 3.01. The third-order valence-electron chi connectivity index (χ3n) is 5.99. The molecule has 0 atom stereocenters. The predicted octanol–water partition coefficient (Wildman–Crippen LogP) is 5.66. The maximum atomic E-state index is 5.36. The minimum Gasteiger partial charge on any atom is -0.497 e. The molecule has 0 radical (unpaired) electrons. The van der Waals surface area contributed by atoms with E-state index in [1.54, 1.807) is 14.2 Å². The Morgan fingerprint density at radius 2 is 1.26 bits per heavy atom. The van der Waals surface area contributed by atoms with E-state index < -0.39 is 0 Å². The topological polar surface area (TPSA) is 53.6 Å². The van der Waals surface area contributed by atoms with Crippen molar-refractivity contribution in [1.29, 1.82) is 0 Å². The van der Waals surface area contributed by atoms with Crippen molar-refractivity contribution in [1.82, 2.24) is 14.1 Å². The third kappa shape index (κ3) is 3.19. The summed E-state index contributed by atoms with van der Waals surface area (Å²) < 4.78 is 14.9. The monoisotopic (exact) mass is 446 g/mol. The molecule has 0 bridgehead atoms. The van der Waals surface area contributed by atoms with Crippen LogP contribution < -0.4 is 15.1 Å². The second-order valence-electron chi connectivity index (χ2n) is 7.92. The van der Waals surface area contributed by atoms with Crippen LogP contribution in [0.4, 0.5) is 5.69 Å². The molecular weight excluding hydrogens is 424 g/mol. The van der Waals surface area contributed by atoms with E-state index in [9.17, 15) is 0 Å². The van der Waals surface area contributed by atoms with Crippen molar-refractivity contribution < 1.29 is 9.47 Å². The smallest absolute Gasteiger partial charge is 0.225 e. The molecule has 0 aliphatic carbocycles. The van der Waals surface area contributed by atoms with E-state index >= 15 is 0 Å². The standard InChI is InChI=1S/C28H22N4O2/c1-33-21-15-11-19(12-16-21)29-27-31(20-13-17-22(34-2)18-14-20)28-30-25-9-5-3-7-23(25)24-8-4-6-10-26(24)32(27)28/h3-18H,1-2H3. The van der Waals surface area contributed by atoms with Gasteiger partial charge in [0.05, 0.1) is 36.6 Å². The lowest BCUT2D eigenvalue weighted by atomic mass is 10.1. The van der Waals surface area contributed by atoms with Gasteiger partial charge in [-0.25, -0.2) is 19.1 Å². The Balaban J connectivity index is 1.74. The fraction of sp³-hybridized carbons (Fsp3) is 0.0714. The summed E-state index contributed by atoms with van der Waals surface area (Å²) in [6.07, 6.45) is 0. The van der Waals surface area contributed by atoms with E-state index in [2.05, 4.69) is 33.4 Å². The number of hydrogen-bond donors (Lipinski definition) is 0. The molecule has 2 aliphatic heterocycles. The quantitative estimate of drug-likeness (QED) is 0.351. The van der Waals surface area contributed by atoms with Crippen molar-refractivity contribution in [2.45, 2.75) is 0 Å². The average molecular weight is 447 g/mol. The number of para-hydroxylation sites is 2. The highest BCUT2D eigenvalue weighted by atomic mass is 16.5. The summed E-state index contributed by atoms with van der Waals surface area (Å²) in [6, 6.07) is 32.2. The Kier molecular flexibility index (Phi) is 4.77. The number of hydrogen-bond acceptors (Lipinski definition) is 4. The second-order valence-corrected chi connectivity index (χ2v) is 7.92. The van der Waals surface area contributed by atoms with Crippen LogP contribution in [0.3, 0.4) is 0 Å². The molecule has 2 heterocycles. The SMILES string of the molecule is COc1ccc(N=c2n(-c3ccc(OC)cc3)c3nc4ccccc4c4ccccc4n2-3)cc1. The molecule has 0 unspecified atom stereocenters. The van der Waals surface area contributed by atoms with Gasteiger partial charge in [-0.3, -0.25) is 0 Å². The lowest BCUT2D eigenvalue weighted by Gasteiger charge is -2.23. The number of aromatic nitrogens is 3. The van der Waals surface area contributed by atoms with Gasteiger partial charge in [0, 0.05) is 10.8 Å². The van der Waals surface area contributed by atoms with Crippen LogP contribution >= 0.6 is 0 Å². The van der Waals surface area contributed by atoms with Gasteiger partial charge in [-0.2, -0.15) is 0 Å². The number of ether oxygens (including phenoxy) is 2. The Hall–Kier alpha value is -4.58. The summed E-state index contributed by atoms with van der Waals surface area (Å²) in [5, 5.41) is 2.21. The number of benzene rings is 4. The summed E-state index contributed by atoms with van der Waals surface area (Å²) in [7, 11) is 3.33. The second kappa shape index (κ2) is 8.08. The minimum atomic E-state index is 0.773. The molecule has 0 aromatic heterocycles. The van der Waals surface area contributed by atoms with Gasteiger partial charge in [0.2, 0.25) is 11.6 Å². The largest absolute Gasteiger partial charge is 0.497 e. The van der Waals surface area contributed by atoms with Crippen molar-refractivity contribution in [3.8, 4) is 23.1 Å². The van der Waals surface area contributed by atoms with Gasteiger partial charge in [-0.15, -0.1) is 0 Å². The van der Waals surface area contributed by atoms with Crippen LogP contribution in [0.2, 0.25) is 0 Å². The van der Waals surface area contributed by atoms with Crippen LogP contribution in [0, 0.1) is 0 Å². The fourth-order valence-corrected chi connectivity index (χ4v) is 4.29. The van der Waals surface area contributed by atoms with Gasteiger partial charge in [0.25, 0.3) is 0 Å². The van der Waals surface area contributed by atoms with E-state index in [0.29, 0.717) is 0 Å². The maximum Gasteiger partial charge on any atom is 0.225 e. The highest BCUT2D eigenvalue weighted by Crippen LogP contribution is 2.28. The highest BCUT2D eigenvalue weighted by Gasteiger charge is 2.22. The molecule has 0 N–H and O–H groups in total. The zero-order chi connectivity index (χ0) is 23.1. The van der Waals surface area contributed by atoms with E-state index in [1.165, 1.54) is 0 Å². The van der Waals surface area contributed by atoms with Crippen molar-refractivity contribution in [3.63, 3.8) is 0 Å². The third-order valence-corrected chi connectivity index (χ3v) is 5.99. The van der Waals surface area contributed by atoms with Gasteiger partial charge in [0.15, 0.2) is 0 Å². The highest BCUT2D eigenvalue weighted by molar-refractivity contribution is 6.04. The summed E-state index contributed by atoms with van der Waals surface area (Å²) in [4.78, 5) is 10.1. The zero-order valence-corrected chi connectivity index (χ0v) is 18.8. The van der Waals surface area contributed by atoms with Crippen molar-refractivity contribution in [2.75, 3.05) is 14.2 Å². The molecular formula is C28H22N4O2. The molecule has 0 fully saturated rings. The van der Waals surface area contributed by atoms with Crippen LogP contribution in [0.5, 0.6) is 11.5 Å². The van der Waals surface area contributed by atoms with Gasteiger partial charge < -0.3 is 9.47 Å². The van der Waals surface area contributed by atoms with E-state index in [-0.39, 0.29) is 0 Å². The summed E-state index contributed by atoms with van der Waals surface area (Å²) in [5.41, 5.74) is 4.53. The first-order chi connectivity index (χ1) is 16.8. The number of nitrogens with zero attached hydrogens (tertiary/aromatic N) is 4. The molecule has 0 amide bonds. The summed E-state index contributed by atoms with van der Waals surface area (Å²) in [5.74, 6) is 2.39. The molecule has 6 heteroatoms. The fourth-order valence-electron chi connectivity index (χ4n) is 4.29. The van der Waals surface area contributed by atoms with Gasteiger partial charge >= 0.3 is 0 Å². The number of fused-ring (bicyclic) bond motifs is 5. The van der Waals surface area contributed by atoms with Crippen LogP contribution in [0.1, 0.15) is 0 Å². The number of methoxy groups -OCH3 is 2. The molecule has 6 nitrogen and oxygen atoms in total. The molecule has 4 aromatic carbocycles. The van der Waals surface area contributed by atoms with Gasteiger partial charge in [0.1, 0.15) is 11.5 Å². The Labute approximate surface area is 196 Å². The molecule has 2 aliphatic rings. The van der Waals surface area contributed by atoms with E-state index in [0.717, 1.165) is 56.2 Å². The van der Waals surface area contributed by atoms with Crippen LogP contribution in [0.25, 0.3) is 33.4 Å². The maximum absolute atomic E-state index is 5.36. The first-order valence-corrected chi connectivity index (χ1v) is 11.0. The van der Waals surface area contributed by atoms with Crippen molar-refractivity contribution >= 4 is 27.5 Å². The van der Waals surface area contributed by atoms with Gasteiger partial charge in [-0.05, 0) is 60.7 Å². The number of rotatable bonds is 4. The minimum absolute atomic E-state index is 0.773.